The predicted molar refractivity (Wildman–Crippen MR) is 88.4 cm³/mol. The van der Waals surface area contributed by atoms with Crippen molar-refractivity contribution in [3.63, 3.8) is 0 Å². The van der Waals surface area contributed by atoms with Gasteiger partial charge < -0.3 is 14.8 Å². The number of amides is 3. The fraction of sp³-hybridized carbons (Fsp3) is 0.882. The zero-order valence-corrected chi connectivity index (χ0v) is 14.5. The van der Waals surface area contributed by atoms with E-state index in [4.69, 9.17) is 9.47 Å². The van der Waals surface area contributed by atoms with Gasteiger partial charge >= 0.3 is 6.03 Å². The van der Waals surface area contributed by atoms with Crippen LogP contribution < -0.4 is 10.6 Å². The lowest BCUT2D eigenvalue weighted by Gasteiger charge is -2.37. The first kappa shape index (κ1) is 17.6. The van der Waals surface area contributed by atoms with E-state index in [1.807, 2.05) is 4.90 Å². The van der Waals surface area contributed by atoms with E-state index in [9.17, 15) is 9.59 Å². The molecule has 0 aromatic heterocycles. The van der Waals surface area contributed by atoms with Gasteiger partial charge in [0.15, 0.2) is 5.79 Å². The van der Waals surface area contributed by atoms with Gasteiger partial charge in [-0.15, -0.1) is 0 Å². The van der Waals surface area contributed by atoms with Gasteiger partial charge in [0, 0.05) is 32.0 Å². The summed E-state index contributed by atoms with van der Waals surface area (Å²) in [5.74, 6) is -0.203. The molecule has 3 fully saturated rings. The van der Waals surface area contributed by atoms with Gasteiger partial charge in [0.05, 0.1) is 19.8 Å². The van der Waals surface area contributed by atoms with Crippen LogP contribution in [-0.2, 0) is 14.3 Å². The highest BCUT2D eigenvalue weighted by molar-refractivity contribution is 5.95. The quantitative estimate of drug-likeness (QED) is 0.808. The van der Waals surface area contributed by atoms with Crippen molar-refractivity contribution in [2.24, 2.45) is 5.92 Å². The van der Waals surface area contributed by atoms with Crippen LogP contribution in [0.15, 0.2) is 0 Å². The van der Waals surface area contributed by atoms with Gasteiger partial charge in [0.2, 0.25) is 5.91 Å². The largest absolute Gasteiger partial charge is 0.347 e. The second kappa shape index (κ2) is 7.80. The smallest absolute Gasteiger partial charge is 0.321 e. The van der Waals surface area contributed by atoms with Gasteiger partial charge in [-0.25, -0.2) is 4.79 Å². The molecule has 7 nitrogen and oxygen atoms in total. The third-order valence-corrected chi connectivity index (χ3v) is 5.48. The summed E-state index contributed by atoms with van der Waals surface area (Å²) >= 11 is 0. The summed E-state index contributed by atoms with van der Waals surface area (Å²) in [6.45, 7) is 5.19. The first-order valence-electron chi connectivity index (χ1n) is 9.17. The molecular formula is C17H29N3O4. The number of carbonyl (C=O) groups excluding carboxylic acids is 2. The van der Waals surface area contributed by atoms with Gasteiger partial charge in [0.25, 0.3) is 0 Å². The van der Waals surface area contributed by atoms with Gasteiger partial charge in [-0.3, -0.25) is 15.0 Å². The van der Waals surface area contributed by atoms with Crippen LogP contribution in [0, 0.1) is 5.92 Å². The summed E-state index contributed by atoms with van der Waals surface area (Å²) in [6.07, 6.45) is 6.04. The Morgan fingerprint density at radius 3 is 2.46 bits per heavy atom. The van der Waals surface area contributed by atoms with Crippen molar-refractivity contribution in [1.82, 2.24) is 15.5 Å². The van der Waals surface area contributed by atoms with Crippen LogP contribution in [0.4, 0.5) is 4.79 Å². The minimum absolute atomic E-state index is 0.179. The molecule has 7 heteroatoms. The highest BCUT2D eigenvalue weighted by Crippen LogP contribution is 2.31. The van der Waals surface area contributed by atoms with Crippen LogP contribution in [0.5, 0.6) is 0 Å². The lowest BCUT2D eigenvalue weighted by molar-refractivity contribution is -0.185. The number of urea groups is 1. The zero-order chi connectivity index (χ0) is 17.0. The topological polar surface area (TPSA) is 79.9 Å². The number of hydrogen-bond acceptors (Lipinski definition) is 5. The standard InChI is InChI=1S/C17H29N3O4/c1-13-4-2-3-5-14(13)18-16(22)19-15(21)12-20-8-6-17(7-9-20)23-10-11-24-17/h13-14H,2-12H2,1H3,(H2,18,19,21,22). The minimum atomic E-state index is -0.429. The lowest BCUT2D eigenvalue weighted by Crippen LogP contribution is -2.52. The molecule has 3 aliphatic rings. The third-order valence-electron chi connectivity index (χ3n) is 5.48. The van der Waals surface area contributed by atoms with E-state index >= 15 is 0 Å². The van der Waals surface area contributed by atoms with Crippen molar-refractivity contribution < 1.29 is 19.1 Å². The maximum Gasteiger partial charge on any atom is 0.321 e. The SMILES string of the molecule is CC1CCCCC1NC(=O)NC(=O)CN1CCC2(CC1)OCCO2. The van der Waals surface area contributed by atoms with Gasteiger partial charge in [0.1, 0.15) is 0 Å². The normalized spacial score (nSPS) is 30.2. The van der Waals surface area contributed by atoms with Crippen LogP contribution in [-0.4, -0.2) is 61.5 Å². The molecule has 2 saturated heterocycles. The maximum absolute atomic E-state index is 12.1. The Morgan fingerprint density at radius 1 is 1.12 bits per heavy atom. The van der Waals surface area contributed by atoms with E-state index in [2.05, 4.69) is 17.6 Å². The van der Waals surface area contributed by atoms with Crippen molar-refractivity contribution in [2.45, 2.75) is 57.3 Å². The second-order valence-corrected chi connectivity index (χ2v) is 7.27. The predicted octanol–water partition coefficient (Wildman–Crippen LogP) is 1.23. The van der Waals surface area contributed by atoms with Crippen LogP contribution in [0.25, 0.3) is 0 Å². The maximum atomic E-state index is 12.1. The van der Waals surface area contributed by atoms with Gasteiger partial charge in [-0.2, -0.15) is 0 Å². The molecule has 0 aromatic rings. The molecule has 1 saturated carbocycles. The summed E-state index contributed by atoms with van der Waals surface area (Å²) in [5.41, 5.74) is 0. The number of likely N-dealkylation sites (tertiary alicyclic amines) is 1. The van der Waals surface area contributed by atoms with Gasteiger partial charge in [-0.05, 0) is 18.8 Å². The molecule has 0 radical (unpaired) electrons. The van der Waals surface area contributed by atoms with Crippen LogP contribution >= 0.6 is 0 Å². The Hall–Kier alpha value is -1.18. The number of imide groups is 1. The Labute approximate surface area is 143 Å². The number of nitrogens with one attached hydrogen (secondary N) is 2. The number of ether oxygens (including phenoxy) is 2. The number of rotatable bonds is 3. The molecule has 0 bridgehead atoms. The summed E-state index contributed by atoms with van der Waals surface area (Å²) < 4.78 is 11.4. The van der Waals surface area contributed by atoms with Crippen molar-refractivity contribution in [1.29, 1.82) is 0 Å². The molecule has 1 spiro atoms. The Morgan fingerprint density at radius 2 is 1.79 bits per heavy atom. The zero-order valence-electron chi connectivity index (χ0n) is 14.5. The molecule has 1 aliphatic carbocycles. The molecule has 2 aliphatic heterocycles. The molecule has 3 rings (SSSR count). The summed E-state index contributed by atoms with van der Waals surface area (Å²) in [4.78, 5) is 26.1. The lowest BCUT2D eigenvalue weighted by atomic mass is 9.86. The average molecular weight is 339 g/mol. The monoisotopic (exact) mass is 339 g/mol. The van der Waals surface area contributed by atoms with Crippen molar-refractivity contribution in [3.05, 3.63) is 0 Å². The minimum Gasteiger partial charge on any atom is -0.347 e. The number of carbonyl (C=O) groups is 2. The van der Waals surface area contributed by atoms with Crippen LogP contribution in [0.1, 0.15) is 45.4 Å². The molecule has 2 unspecified atom stereocenters. The van der Waals surface area contributed by atoms with E-state index in [-0.39, 0.29) is 24.5 Å². The average Bonchev–Trinajstić information content (AvgIpc) is 3.00. The first-order valence-corrected chi connectivity index (χ1v) is 9.17. The molecule has 2 heterocycles. The van der Waals surface area contributed by atoms with Crippen LogP contribution in [0.3, 0.4) is 0 Å². The van der Waals surface area contributed by atoms with Crippen molar-refractivity contribution in [2.75, 3.05) is 32.8 Å². The summed E-state index contributed by atoms with van der Waals surface area (Å²) in [5, 5.41) is 5.41. The summed E-state index contributed by atoms with van der Waals surface area (Å²) in [6, 6.07) is -0.187. The van der Waals surface area contributed by atoms with E-state index in [0.717, 1.165) is 45.2 Å². The second-order valence-electron chi connectivity index (χ2n) is 7.27. The fourth-order valence-corrected chi connectivity index (χ4v) is 3.94. The molecule has 0 aromatic carbocycles. The molecule has 3 amide bonds. The highest BCUT2D eigenvalue weighted by atomic mass is 16.7. The highest BCUT2D eigenvalue weighted by Gasteiger charge is 2.40. The first-order chi connectivity index (χ1) is 11.6. The van der Waals surface area contributed by atoms with Crippen molar-refractivity contribution in [3.8, 4) is 0 Å². The third kappa shape index (κ3) is 4.46. The van der Waals surface area contributed by atoms with Crippen LogP contribution in [0.2, 0.25) is 0 Å². The Kier molecular flexibility index (Phi) is 5.73. The summed E-state index contributed by atoms with van der Waals surface area (Å²) in [7, 11) is 0. The molecular weight excluding hydrogens is 310 g/mol. The molecule has 2 N–H and O–H groups in total. The Bertz CT molecular complexity index is 455. The molecule has 24 heavy (non-hydrogen) atoms. The number of piperidine rings is 1. The van der Waals surface area contributed by atoms with E-state index in [1.165, 1.54) is 6.42 Å². The van der Waals surface area contributed by atoms with E-state index < -0.39 is 5.79 Å². The molecule has 136 valence electrons. The van der Waals surface area contributed by atoms with Crippen molar-refractivity contribution >= 4 is 11.9 Å². The van der Waals surface area contributed by atoms with E-state index in [1.54, 1.807) is 0 Å². The van der Waals surface area contributed by atoms with E-state index in [0.29, 0.717) is 19.1 Å². The molecule has 2 atom stereocenters. The number of hydrogen-bond donors (Lipinski definition) is 2. The van der Waals surface area contributed by atoms with Gasteiger partial charge in [-0.1, -0.05) is 19.8 Å². The fourth-order valence-electron chi connectivity index (χ4n) is 3.94. The number of nitrogens with zero attached hydrogens (tertiary/aromatic N) is 1. The Balaban J connectivity index is 1.37.